The van der Waals surface area contributed by atoms with Crippen molar-refractivity contribution in [2.75, 3.05) is 25.6 Å². The van der Waals surface area contributed by atoms with Gasteiger partial charge < -0.3 is 19.9 Å². The molecule has 5 heteroatoms. The van der Waals surface area contributed by atoms with Gasteiger partial charge in [0.1, 0.15) is 0 Å². The maximum atomic E-state index is 12.9. The van der Waals surface area contributed by atoms with Crippen molar-refractivity contribution in [3.63, 3.8) is 0 Å². The van der Waals surface area contributed by atoms with E-state index in [0.29, 0.717) is 53.9 Å². The first kappa shape index (κ1) is 17.7. The second kappa shape index (κ2) is 8.24. The maximum Gasteiger partial charge on any atom is 0.204 e. The number of anilines is 1. The minimum atomic E-state index is -0.208. The lowest BCUT2D eigenvalue weighted by Crippen LogP contribution is -2.10. The molecule has 0 saturated heterocycles. The summed E-state index contributed by atoms with van der Waals surface area (Å²) in [6.45, 7) is 6.94. The van der Waals surface area contributed by atoms with Crippen molar-refractivity contribution in [3.05, 3.63) is 47.5 Å². The van der Waals surface area contributed by atoms with Gasteiger partial charge in [-0.15, -0.1) is 0 Å². The molecule has 0 aliphatic rings. The van der Waals surface area contributed by atoms with Crippen LogP contribution >= 0.6 is 0 Å². The van der Waals surface area contributed by atoms with Crippen LogP contribution in [0.15, 0.2) is 36.4 Å². The van der Waals surface area contributed by atoms with Crippen LogP contribution < -0.4 is 19.9 Å². The van der Waals surface area contributed by atoms with Gasteiger partial charge in [0.25, 0.3) is 0 Å². The molecule has 0 atom stereocenters. The fourth-order valence-electron chi connectivity index (χ4n) is 2.41. The summed E-state index contributed by atoms with van der Waals surface area (Å²) >= 11 is 0. The number of benzene rings is 2. The van der Waals surface area contributed by atoms with Crippen molar-refractivity contribution in [1.82, 2.24) is 0 Å². The van der Waals surface area contributed by atoms with E-state index in [2.05, 4.69) is 0 Å². The van der Waals surface area contributed by atoms with E-state index in [0.717, 1.165) is 0 Å². The Morgan fingerprint density at radius 3 is 2.08 bits per heavy atom. The number of nitrogen functional groups attached to an aromatic ring is 1. The Kier molecular flexibility index (Phi) is 6.07. The molecule has 2 aromatic carbocycles. The Morgan fingerprint density at radius 2 is 1.46 bits per heavy atom. The van der Waals surface area contributed by atoms with Gasteiger partial charge in [0.05, 0.1) is 25.4 Å². The zero-order valence-corrected chi connectivity index (χ0v) is 14.3. The molecule has 0 radical (unpaired) electrons. The summed E-state index contributed by atoms with van der Waals surface area (Å²) in [5.74, 6) is 1.18. The summed E-state index contributed by atoms with van der Waals surface area (Å²) in [5.41, 5.74) is 7.21. The van der Waals surface area contributed by atoms with E-state index in [1.165, 1.54) is 0 Å². The summed E-state index contributed by atoms with van der Waals surface area (Å²) in [5, 5.41) is 0. The first-order valence-electron chi connectivity index (χ1n) is 8.08. The average Bonchev–Trinajstić information content (AvgIpc) is 2.58. The molecule has 0 aromatic heterocycles. The molecule has 0 spiro atoms. The molecule has 2 rings (SSSR count). The van der Waals surface area contributed by atoms with Gasteiger partial charge in [-0.3, -0.25) is 4.79 Å². The number of ether oxygens (including phenoxy) is 3. The van der Waals surface area contributed by atoms with Gasteiger partial charge in [-0.05, 0) is 45.0 Å². The zero-order valence-electron chi connectivity index (χ0n) is 14.3. The first-order valence-corrected chi connectivity index (χ1v) is 8.08. The van der Waals surface area contributed by atoms with E-state index in [4.69, 9.17) is 19.9 Å². The van der Waals surface area contributed by atoms with Crippen LogP contribution in [0, 0.1) is 0 Å². The van der Waals surface area contributed by atoms with Gasteiger partial charge in [-0.25, -0.2) is 0 Å². The number of rotatable bonds is 8. The number of carbonyl (C=O) groups excluding carboxylic acids is 1. The van der Waals surface area contributed by atoms with Gasteiger partial charge in [0, 0.05) is 11.3 Å². The molecule has 2 aromatic rings. The van der Waals surface area contributed by atoms with Crippen LogP contribution in [0.5, 0.6) is 17.2 Å². The molecule has 0 fully saturated rings. The molecule has 0 aliphatic carbocycles. The minimum Gasteiger partial charge on any atom is -0.490 e. The van der Waals surface area contributed by atoms with Gasteiger partial charge in [-0.1, -0.05) is 12.1 Å². The third-order valence-electron chi connectivity index (χ3n) is 3.40. The van der Waals surface area contributed by atoms with Crippen molar-refractivity contribution < 1.29 is 19.0 Å². The van der Waals surface area contributed by atoms with Crippen LogP contribution in [0.3, 0.4) is 0 Å². The Morgan fingerprint density at radius 1 is 0.833 bits per heavy atom. The number of para-hydroxylation sites is 1. The molecule has 0 unspecified atom stereocenters. The summed E-state index contributed by atoms with van der Waals surface area (Å²) in [4.78, 5) is 12.9. The summed E-state index contributed by atoms with van der Waals surface area (Å²) in [6, 6.07) is 10.4. The predicted octanol–water partition coefficient (Wildman–Crippen LogP) is 3.70. The Bertz CT molecular complexity index is 713. The van der Waals surface area contributed by atoms with Crippen molar-refractivity contribution in [2.45, 2.75) is 20.8 Å². The Balaban J connectivity index is 2.58. The number of hydrogen-bond acceptors (Lipinski definition) is 5. The van der Waals surface area contributed by atoms with Crippen molar-refractivity contribution in [2.24, 2.45) is 0 Å². The molecule has 128 valence electrons. The molecule has 0 heterocycles. The van der Waals surface area contributed by atoms with Crippen molar-refractivity contribution >= 4 is 11.5 Å². The average molecular weight is 329 g/mol. The highest BCUT2D eigenvalue weighted by Gasteiger charge is 2.23. The van der Waals surface area contributed by atoms with E-state index in [1.807, 2.05) is 20.8 Å². The SMILES string of the molecule is CCOc1ccc(C(=O)c2ccccc2N)c(OCC)c1OCC. The fourth-order valence-corrected chi connectivity index (χ4v) is 2.41. The topological polar surface area (TPSA) is 70.8 Å². The smallest absolute Gasteiger partial charge is 0.204 e. The Hall–Kier alpha value is -2.69. The van der Waals surface area contributed by atoms with Crippen LogP contribution in [-0.4, -0.2) is 25.6 Å². The zero-order chi connectivity index (χ0) is 17.5. The lowest BCUT2D eigenvalue weighted by Gasteiger charge is -2.18. The third-order valence-corrected chi connectivity index (χ3v) is 3.40. The summed E-state index contributed by atoms with van der Waals surface area (Å²) < 4.78 is 17.0. The Labute approximate surface area is 142 Å². The molecule has 0 aliphatic heterocycles. The lowest BCUT2D eigenvalue weighted by molar-refractivity contribution is 0.103. The van der Waals surface area contributed by atoms with Crippen LogP contribution in [0.2, 0.25) is 0 Å². The standard InChI is InChI=1S/C19H23NO4/c1-4-22-16-12-11-14(18(23-5-2)19(16)24-6-3)17(21)13-9-7-8-10-15(13)20/h7-12H,4-6,20H2,1-3H3. The largest absolute Gasteiger partial charge is 0.490 e. The van der Waals surface area contributed by atoms with E-state index in [9.17, 15) is 4.79 Å². The van der Waals surface area contributed by atoms with Gasteiger partial charge in [-0.2, -0.15) is 0 Å². The van der Waals surface area contributed by atoms with E-state index < -0.39 is 0 Å². The highest BCUT2D eigenvalue weighted by molar-refractivity contribution is 6.14. The van der Waals surface area contributed by atoms with E-state index in [1.54, 1.807) is 36.4 Å². The fraction of sp³-hybridized carbons (Fsp3) is 0.316. The maximum absolute atomic E-state index is 12.9. The van der Waals surface area contributed by atoms with Crippen LogP contribution in [-0.2, 0) is 0 Å². The second-order valence-corrected chi connectivity index (χ2v) is 4.98. The molecule has 5 nitrogen and oxygen atoms in total. The van der Waals surface area contributed by atoms with Crippen LogP contribution in [0.25, 0.3) is 0 Å². The van der Waals surface area contributed by atoms with Crippen LogP contribution in [0.4, 0.5) is 5.69 Å². The molecule has 0 amide bonds. The molecular formula is C19H23NO4. The van der Waals surface area contributed by atoms with Crippen molar-refractivity contribution in [1.29, 1.82) is 0 Å². The number of nitrogens with two attached hydrogens (primary N) is 1. The predicted molar refractivity (Wildman–Crippen MR) is 94.2 cm³/mol. The molecular weight excluding hydrogens is 306 g/mol. The normalized spacial score (nSPS) is 10.3. The highest BCUT2D eigenvalue weighted by atomic mass is 16.5. The van der Waals surface area contributed by atoms with Gasteiger partial charge in [0.15, 0.2) is 17.3 Å². The second-order valence-electron chi connectivity index (χ2n) is 4.98. The highest BCUT2D eigenvalue weighted by Crippen LogP contribution is 2.41. The van der Waals surface area contributed by atoms with E-state index >= 15 is 0 Å². The molecule has 2 N–H and O–H groups in total. The molecule has 0 bridgehead atoms. The van der Waals surface area contributed by atoms with E-state index in [-0.39, 0.29) is 5.78 Å². The first-order chi connectivity index (χ1) is 11.6. The lowest BCUT2D eigenvalue weighted by atomic mass is 10.00. The molecule has 0 saturated carbocycles. The third kappa shape index (κ3) is 3.62. The molecule has 24 heavy (non-hydrogen) atoms. The number of ketones is 1. The number of carbonyl (C=O) groups is 1. The van der Waals surface area contributed by atoms with Gasteiger partial charge >= 0.3 is 0 Å². The number of hydrogen-bond donors (Lipinski definition) is 1. The monoisotopic (exact) mass is 329 g/mol. The summed E-state index contributed by atoms with van der Waals surface area (Å²) in [6.07, 6.45) is 0. The van der Waals surface area contributed by atoms with Crippen LogP contribution in [0.1, 0.15) is 36.7 Å². The quantitative estimate of drug-likeness (QED) is 0.591. The van der Waals surface area contributed by atoms with Crippen molar-refractivity contribution in [3.8, 4) is 17.2 Å². The van der Waals surface area contributed by atoms with Gasteiger partial charge in [0.2, 0.25) is 5.75 Å². The summed E-state index contributed by atoms with van der Waals surface area (Å²) in [7, 11) is 0. The minimum absolute atomic E-state index is 0.208.